The molecule has 12 heavy (non-hydrogen) atoms. The fourth-order valence-corrected chi connectivity index (χ4v) is 0.899. The van der Waals surface area contributed by atoms with Gasteiger partial charge in [-0.15, -0.1) is 6.42 Å². The van der Waals surface area contributed by atoms with Crippen LogP contribution in [0.3, 0.4) is 0 Å². The van der Waals surface area contributed by atoms with Gasteiger partial charge in [0.05, 0.1) is 6.33 Å². The van der Waals surface area contributed by atoms with E-state index in [2.05, 4.69) is 10.9 Å². The van der Waals surface area contributed by atoms with Gasteiger partial charge in [-0.1, -0.05) is 5.92 Å². The summed E-state index contributed by atoms with van der Waals surface area (Å²) in [4.78, 5) is 3.93. The van der Waals surface area contributed by atoms with Crippen LogP contribution in [0.1, 0.15) is 6.42 Å². The molecule has 0 saturated heterocycles. The normalized spacial score (nSPS) is 9.58. The van der Waals surface area contributed by atoms with Crippen molar-refractivity contribution in [3.05, 3.63) is 18.7 Å². The highest BCUT2D eigenvalue weighted by Crippen LogP contribution is 1.90. The van der Waals surface area contributed by atoms with Crippen molar-refractivity contribution in [3.8, 4) is 12.3 Å². The smallest absolute Gasteiger partial charge is 0.107 e. The van der Waals surface area contributed by atoms with E-state index in [1.165, 1.54) is 0 Å². The van der Waals surface area contributed by atoms with E-state index in [1.807, 2.05) is 10.8 Å². The Hall–Kier alpha value is -1.27. The Labute approximate surface area is 72.4 Å². The lowest BCUT2D eigenvalue weighted by atomic mass is 10.4. The van der Waals surface area contributed by atoms with Crippen molar-refractivity contribution in [1.29, 1.82) is 0 Å². The standard InChI is InChI=1S/C9H12N2O/c1-2-7-12-8-3-5-11-6-4-10-9-11/h1,4,6,9H,3,5,7-8H2. The average molecular weight is 164 g/mol. The Balaban J connectivity index is 2.01. The summed E-state index contributed by atoms with van der Waals surface area (Å²) in [6.45, 7) is 2.05. The van der Waals surface area contributed by atoms with Gasteiger partial charge in [-0.25, -0.2) is 4.98 Å². The molecule has 1 aromatic rings. The molecular formula is C9H12N2O. The zero-order valence-corrected chi connectivity index (χ0v) is 6.94. The van der Waals surface area contributed by atoms with E-state index < -0.39 is 0 Å². The molecule has 3 nitrogen and oxygen atoms in total. The third-order valence-electron chi connectivity index (χ3n) is 1.45. The van der Waals surface area contributed by atoms with Crippen molar-refractivity contribution in [2.24, 2.45) is 0 Å². The largest absolute Gasteiger partial charge is 0.369 e. The molecule has 64 valence electrons. The quantitative estimate of drug-likeness (QED) is 0.478. The topological polar surface area (TPSA) is 27.1 Å². The maximum atomic E-state index is 5.11. The lowest BCUT2D eigenvalue weighted by molar-refractivity contribution is 0.160. The lowest BCUT2D eigenvalue weighted by Gasteiger charge is -2.01. The number of terminal acetylenes is 1. The molecule has 0 spiro atoms. The second kappa shape index (κ2) is 5.39. The first-order chi connectivity index (χ1) is 5.93. The Morgan fingerprint density at radius 3 is 3.17 bits per heavy atom. The zero-order chi connectivity index (χ0) is 8.65. The molecule has 0 unspecified atom stereocenters. The summed E-state index contributed by atoms with van der Waals surface area (Å²) >= 11 is 0. The van der Waals surface area contributed by atoms with Crippen LogP contribution >= 0.6 is 0 Å². The monoisotopic (exact) mass is 164 g/mol. The number of hydrogen-bond donors (Lipinski definition) is 0. The van der Waals surface area contributed by atoms with Crippen molar-refractivity contribution < 1.29 is 4.74 Å². The second-order valence-corrected chi connectivity index (χ2v) is 2.41. The maximum Gasteiger partial charge on any atom is 0.107 e. The molecule has 0 bridgehead atoms. The Kier molecular flexibility index (Phi) is 3.96. The van der Waals surface area contributed by atoms with Crippen LogP contribution in [0.5, 0.6) is 0 Å². The van der Waals surface area contributed by atoms with Crippen molar-refractivity contribution in [1.82, 2.24) is 9.55 Å². The van der Waals surface area contributed by atoms with E-state index in [9.17, 15) is 0 Å². The minimum atomic E-state index is 0.407. The Morgan fingerprint density at radius 2 is 2.50 bits per heavy atom. The van der Waals surface area contributed by atoms with Gasteiger partial charge < -0.3 is 9.30 Å². The molecule has 0 atom stereocenters. The van der Waals surface area contributed by atoms with Crippen LogP contribution in [0.25, 0.3) is 0 Å². The van der Waals surface area contributed by atoms with Crippen LogP contribution < -0.4 is 0 Å². The van der Waals surface area contributed by atoms with Crippen LogP contribution in [0.2, 0.25) is 0 Å². The number of hydrogen-bond acceptors (Lipinski definition) is 2. The van der Waals surface area contributed by atoms with E-state index >= 15 is 0 Å². The summed E-state index contributed by atoms with van der Waals surface area (Å²) in [5.41, 5.74) is 0. The molecule has 0 saturated carbocycles. The highest BCUT2D eigenvalue weighted by Gasteiger charge is 1.89. The summed E-state index contributed by atoms with van der Waals surface area (Å²) in [6.07, 6.45) is 11.5. The van der Waals surface area contributed by atoms with Gasteiger partial charge in [0, 0.05) is 25.5 Å². The summed E-state index contributed by atoms with van der Waals surface area (Å²) in [7, 11) is 0. The third-order valence-corrected chi connectivity index (χ3v) is 1.45. The number of aryl methyl sites for hydroxylation is 1. The summed E-state index contributed by atoms with van der Waals surface area (Å²) in [5.74, 6) is 2.42. The summed E-state index contributed by atoms with van der Waals surface area (Å²) < 4.78 is 7.12. The van der Waals surface area contributed by atoms with Gasteiger partial charge in [-0.2, -0.15) is 0 Å². The fraction of sp³-hybridized carbons (Fsp3) is 0.444. The number of ether oxygens (including phenoxy) is 1. The number of nitrogens with zero attached hydrogens (tertiary/aromatic N) is 2. The molecular weight excluding hydrogens is 152 g/mol. The number of aromatic nitrogens is 2. The van der Waals surface area contributed by atoms with Gasteiger partial charge in [0.1, 0.15) is 6.61 Å². The van der Waals surface area contributed by atoms with E-state index in [-0.39, 0.29) is 0 Å². The van der Waals surface area contributed by atoms with Crippen LogP contribution in [-0.2, 0) is 11.3 Å². The SMILES string of the molecule is C#CCOCCCn1ccnc1. The zero-order valence-electron chi connectivity index (χ0n) is 6.94. The van der Waals surface area contributed by atoms with Crippen molar-refractivity contribution in [3.63, 3.8) is 0 Å². The lowest BCUT2D eigenvalue weighted by Crippen LogP contribution is -2.00. The second-order valence-electron chi connectivity index (χ2n) is 2.41. The molecule has 0 aliphatic rings. The first-order valence-electron chi connectivity index (χ1n) is 3.90. The van der Waals surface area contributed by atoms with Gasteiger partial charge in [0.2, 0.25) is 0 Å². The summed E-state index contributed by atoms with van der Waals surface area (Å²) in [5, 5.41) is 0. The van der Waals surface area contributed by atoms with E-state index in [1.54, 1.807) is 12.5 Å². The molecule has 0 fully saturated rings. The van der Waals surface area contributed by atoms with E-state index in [0.29, 0.717) is 13.2 Å². The Bertz CT molecular complexity index is 236. The van der Waals surface area contributed by atoms with Gasteiger partial charge in [0.25, 0.3) is 0 Å². The number of rotatable bonds is 5. The molecule has 0 N–H and O–H groups in total. The average Bonchev–Trinajstić information content (AvgIpc) is 2.57. The molecule has 0 aromatic carbocycles. The maximum absolute atomic E-state index is 5.11. The molecule has 0 radical (unpaired) electrons. The van der Waals surface area contributed by atoms with Gasteiger partial charge in [-0.05, 0) is 6.42 Å². The molecule has 1 rings (SSSR count). The predicted octanol–water partition coefficient (Wildman–Crippen LogP) is 0.923. The van der Waals surface area contributed by atoms with Crippen LogP contribution in [0, 0.1) is 12.3 Å². The summed E-state index contributed by atoms with van der Waals surface area (Å²) in [6, 6.07) is 0. The first-order valence-corrected chi connectivity index (χ1v) is 3.90. The van der Waals surface area contributed by atoms with Gasteiger partial charge in [-0.3, -0.25) is 0 Å². The molecule has 0 aliphatic carbocycles. The Morgan fingerprint density at radius 1 is 1.58 bits per heavy atom. The first kappa shape index (κ1) is 8.82. The van der Waals surface area contributed by atoms with Crippen molar-refractivity contribution in [2.45, 2.75) is 13.0 Å². The molecule has 1 heterocycles. The highest BCUT2D eigenvalue weighted by atomic mass is 16.5. The number of imidazole rings is 1. The van der Waals surface area contributed by atoms with Gasteiger partial charge in [0.15, 0.2) is 0 Å². The minimum Gasteiger partial charge on any atom is -0.369 e. The van der Waals surface area contributed by atoms with Crippen molar-refractivity contribution >= 4 is 0 Å². The van der Waals surface area contributed by atoms with Crippen LogP contribution in [0.15, 0.2) is 18.7 Å². The fourth-order valence-electron chi connectivity index (χ4n) is 0.899. The molecule has 1 aromatic heterocycles. The molecule has 0 amide bonds. The predicted molar refractivity (Wildman–Crippen MR) is 46.5 cm³/mol. The van der Waals surface area contributed by atoms with Crippen LogP contribution in [0.4, 0.5) is 0 Å². The van der Waals surface area contributed by atoms with Crippen LogP contribution in [-0.4, -0.2) is 22.8 Å². The highest BCUT2D eigenvalue weighted by molar-refractivity contribution is 4.82. The third kappa shape index (κ3) is 3.22. The van der Waals surface area contributed by atoms with Crippen molar-refractivity contribution in [2.75, 3.05) is 13.2 Å². The van der Waals surface area contributed by atoms with E-state index in [4.69, 9.17) is 11.2 Å². The molecule has 0 aliphatic heterocycles. The minimum absolute atomic E-state index is 0.407. The van der Waals surface area contributed by atoms with E-state index in [0.717, 1.165) is 13.0 Å². The molecule has 3 heteroatoms. The van der Waals surface area contributed by atoms with Gasteiger partial charge >= 0.3 is 0 Å².